The quantitative estimate of drug-likeness (QED) is 0.133. The second kappa shape index (κ2) is 15.8. The molecular weight excluding hydrogens is 731 g/mol. The lowest BCUT2D eigenvalue weighted by Crippen LogP contribution is -2.20. The van der Waals surface area contributed by atoms with E-state index in [2.05, 4.69) is 35.7 Å². The van der Waals surface area contributed by atoms with Crippen LogP contribution in [0.4, 0.5) is 56.1 Å². The van der Waals surface area contributed by atoms with E-state index in [1.54, 1.807) is 0 Å². The number of halogens is 9. The Hall–Kier alpha value is -3.47. The molecule has 0 saturated carbocycles. The predicted molar refractivity (Wildman–Crippen MR) is 150 cm³/mol. The number of amides is 2. The third-order valence-corrected chi connectivity index (χ3v) is 6.14. The van der Waals surface area contributed by atoms with Gasteiger partial charge in [-0.15, -0.1) is 31.9 Å². The first-order chi connectivity index (χ1) is 19.7. The Morgan fingerprint density at radius 2 is 1.21 bits per heavy atom. The lowest BCUT2D eigenvalue weighted by molar-refractivity contribution is -0.275. The number of anilines is 2. The molecule has 0 aromatic heterocycles. The maximum atomic E-state index is 14.0. The van der Waals surface area contributed by atoms with Crippen molar-refractivity contribution in [2.45, 2.75) is 46.2 Å². The van der Waals surface area contributed by atoms with Crippen LogP contribution in [0.15, 0.2) is 24.3 Å². The lowest BCUT2D eigenvalue weighted by atomic mass is 10.1. The molecule has 2 amide bonds. The minimum atomic E-state index is -4.98. The molecule has 0 aliphatic carbocycles. The molecule has 238 valence electrons. The predicted octanol–water partition coefficient (Wildman–Crippen LogP) is 8.42. The molecule has 2 N–H and O–H groups in total. The molecule has 0 saturated heterocycles. The van der Waals surface area contributed by atoms with Crippen molar-refractivity contribution < 1.29 is 63.7 Å². The number of ether oxygens (including phenoxy) is 4. The fraction of sp³-hybridized carbons (Fsp3) is 0.360. The van der Waals surface area contributed by atoms with Crippen molar-refractivity contribution in [3.63, 3.8) is 0 Å². The van der Waals surface area contributed by atoms with E-state index < -0.39 is 67.5 Å². The zero-order chi connectivity index (χ0) is 33.2. The first kappa shape index (κ1) is 37.6. The molecule has 2 rings (SSSR count). The van der Waals surface area contributed by atoms with Gasteiger partial charge in [0.15, 0.2) is 0 Å². The monoisotopic (exact) mass is 756 g/mol. The van der Waals surface area contributed by atoms with Crippen molar-refractivity contribution in [1.82, 2.24) is 0 Å². The molecule has 0 aliphatic rings. The molecule has 0 spiro atoms. The number of carbonyl (C=O) groups excluding carboxylic acids is 2. The minimum absolute atomic E-state index is 0.0160. The molecule has 0 bridgehead atoms. The van der Waals surface area contributed by atoms with Crippen LogP contribution in [-0.2, 0) is 9.47 Å². The fourth-order valence-electron chi connectivity index (χ4n) is 2.65. The van der Waals surface area contributed by atoms with Crippen molar-refractivity contribution in [3.05, 3.63) is 45.0 Å². The topological polar surface area (TPSA) is 95.1 Å². The summed E-state index contributed by atoms with van der Waals surface area (Å²) in [6.07, 6.45) is -11.9. The summed E-state index contributed by atoms with van der Waals surface area (Å²) in [7, 11) is -1.98. The van der Waals surface area contributed by atoms with Gasteiger partial charge >= 0.3 is 24.9 Å². The first-order valence-corrected chi connectivity index (χ1v) is 16.5. The molecule has 0 aliphatic heterocycles. The van der Waals surface area contributed by atoms with E-state index in [1.165, 1.54) is 36.4 Å². The molecule has 0 radical (unpaired) electrons. The zero-order valence-corrected chi connectivity index (χ0v) is 26.2. The van der Waals surface area contributed by atoms with Crippen LogP contribution >= 0.6 is 22.6 Å². The number of alkyl halides is 6. The average molecular weight is 756 g/mol. The second-order valence-corrected chi connectivity index (χ2v) is 14.6. The van der Waals surface area contributed by atoms with Gasteiger partial charge < -0.3 is 18.9 Å². The Balaban J connectivity index is 0.000000442. The van der Waals surface area contributed by atoms with E-state index >= 15 is 0 Å². The molecule has 2 aromatic carbocycles. The Morgan fingerprint density at radius 1 is 0.791 bits per heavy atom. The summed E-state index contributed by atoms with van der Waals surface area (Å²) in [6.45, 7) is 8.71. The highest BCUT2D eigenvalue weighted by Gasteiger charge is 2.34. The van der Waals surface area contributed by atoms with Gasteiger partial charge in [0.25, 0.3) is 0 Å². The van der Waals surface area contributed by atoms with E-state index in [4.69, 9.17) is 0 Å². The summed E-state index contributed by atoms with van der Waals surface area (Å²) in [5.41, 5.74) is 1.49. The zero-order valence-electron chi connectivity index (χ0n) is 23.1. The summed E-state index contributed by atoms with van der Waals surface area (Å²) in [5, 5.41) is 4.09. The Morgan fingerprint density at radius 3 is 1.65 bits per heavy atom. The summed E-state index contributed by atoms with van der Waals surface area (Å²) in [6, 6.07) is 3.14. The number of hydrogen-bond donors (Lipinski definition) is 2. The second-order valence-electron chi connectivity index (χ2n) is 8.82. The van der Waals surface area contributed by atoms with Crippen LogP contribution in [0.25, 0.3) is 0 Å². The summed E-state index contributed by atoms with van der Waals surface area (Å²) >= 11 is 1.43. The molecular formula is C25H25F8IN2O6Si. The maximum absolute atomic E-state index is 14.0. The third-order valence-electron chi connectivity index (χ3n) is 4.19. The Labute approximate surface area is 255 Å². The highest BCUT2D eigenvalue weighted by Crippen LogP contribution is 2.35. The summed E-state index contributed by atoms with van der Waals surface area (Å²) in [5.74, 6) is -0.637. The molecule has 8 nitrogen and oxygen atoms in total. The standard InChI is InChI=1S/C15H17F4NO3Si.C10H8F4INO3/c1-5-22-14(21)20-13-10(8-9-24(2,3)4)12(7-6-11(13)16)23-15(17,18)19;1-2-18-9(17)16-8-5(11)3-4-6(7(8)15)19-10(12,13)14/h6-7H,5H2,1-4H3,(H,20,21);3-4H,2H2,1H3,(H,16,17). The van der Waals surface area contributed by atoms with E-state index in [9.17, 15) is 44.7 Å². The van der Waals surface area contributed by atoms with E-state index in [0.29, 0.717) is 0 Å². The van der Waals surface area contributed by atoms with Crippen LogP contribution in [0, 0.1) is 26.7 Å². The Kier molecular flexibility index (Phi) is 13.8. The normalized spacial score (nSPS) is 11.2. The summed E-state index contributed by atoms with van der Waals surface area (Å²) in [4.78, 5) is 22.7. The molecule has 0 unspecified atom stereocenters. The van der Waals surface area contributed by atoms with Crippen molar-refractivity contribution in [3.8, 4) is 23.0 Å². The molecule has 18 heteroatoms. The van der Waals surface area contributed by atoms with Gasteiger partial charge in [-0.1, -0.05) is 25.6 Å². The number of benzene rings is 2. The maximum Gasteiger partial charge on any atom is 0.573 e. The van der Waals surface area contributed by atoms with Crippen molar-refractivity contribution >= 4 is 54.2 Å². The van der Waals surface area contributed by atoms with Gasteiger partial charge in [0.2, 0.25) is 0 Å². The van der Waals surface area contributed by atoms with Crippen LogP contribution in [0.5, 0.6) is 11.5 Å². The highest BCUT2D eigenvalue weighted by molar-refractivity contribution is 14.1. The molecule has 0 atom stereocenters. The van der Waals surface area contributed by atoms with Gasteiger partial charge in [0, 0.05) is 0 Å². The van der Waals surface area contributed by atoms with Crippen LogP contribution in [0.3, 0.4) is 0 Å². The van der Waals surface area contributed by atoms with Crippen LogP contribution < -0.4 is 20.1 Å². The molecule has 0 heterocycles. The van der Waals surface area contributed by atoms with Gasteiger partial charge in [-0.05, 0) is 60.7 Å². The molecule has 2 aromatic rings. The van der Waals surface area contributed by atoms with Gasteiger partial charge in [0.1, 0.15) is 31.2 Å². The largest absolute Gasteiger partial charge is 0.573 e. The number of nitrogens with one attached hydrogen (secondary N) is 2. The number of rotatable bonds is 6. The minimum Gasteiger partial charge on any atom is -0.450 e. The van der Waals surface area contributed by atoms with Crippen molar-refractivity contribution in [2.75, 3.05) is 23.8 Å². The SMILES string of the molecule is CCOC(=O)Nc1c(F)ccc(OC(F)(F)F)c1C#C[Si](C)(C)C.CCOC(=O)Nc1c(F)ccc(OC(F)(F)F)c1I. The lowest BCUT2D eigenvalue weighted by Gasteiger charge is -2.15. The van der Waals surface area contributed by atoms with Crippen LogP contribution in [-0.4, -0.2) is 46.2 Å². The smallest absolute Gasteiger partial charge is 0.450 e. The molecule has 43 heavy (non-hydrogen) atoms. The Bertz CT molecular complexity index is 1350. The van der Waals surface area contributed by atoms with Crippen molar-refractivity contribution in [1.29, 1.82) is 0 Å². The van der Waals surface area contributed by atoms with Crippen molar-refractivity contribution in [2.24, 2.45) is 0 Å². The highest BCUT2D eigenvalue weighted by atomic mass is 127. The van der Waals surface area contributed by atoms with Crippen LogP contribution in [0.1, 0.15) is 19.4 Å². The molecule has 0 fully saturated rings. The first-order valence-electron chi connectivity index (χ1n) is 11.9. The van der Waals surface area contributed by atoms with E-state index in [-0.39, 0.29) is 22.3 Å². The number of carbonyl (C=O) groups is 2. The van der Waals surface area contributed by atoms with Crippen LogP contribution in [0.2, 0.25) is 19.6 Å². The van der Waals surface area contributed by atoms with Gasteiger partial charge in [-0.3, -0.25) is 10.6 Å². The van der Waals surface area contributed by atoms with Gasteiger partial charge in [-0.25, -0.2) is 18.4 Å². The number of hydrogen-bond acceptors (Lipinski definition) is 6. The third kappa shape index (κ3) is 14.0. The fourth-order valence-corrected chi connectivity index (χ4v) is 3.84. The average Bonchev–Trinajstić information content (AvgIpc) is 2.84. The summed E-state index contributed by atoms with van der Waals surface area (Å²) < 4.78 is 118. The van der Waals surface area contributed by atoms with Gasteiger partial charge in [-0.2, -0.15) is 0 Å². The van der Waals surface area contributed by atoms with Gasteiger partial charge in [0.05, 0.1) is 33.7 Å². The van der Waals surface area contributed by atoms with E-state index in [1.807, 2.05) is 25.0 Å². The van der Waals surface area contributed by atoms with E-state index in [0.717, 1.165) is 24.3 Å².